The number of hydrogen-bond acceptors (Lipinski definition) is 3. The van der Waals surface area contributed by atoms with E-state index in [-0.39, 0.29) is 5.69 Å². The first-order chi connectivity index (χ1) is 6.18. The highest BCUT2D eigenvalue weighted by atomic mass is 16.6. The summed E-state index contributed by atoms with van der Waals surface area (Å²) in [6.07, 6.45) is 1.36. The summed E-state index contributed by atoms with van der Waals surface area (Å²) in [6, 6.07) is 3.59. The second-order valence-electron chi connectivity index (χ2n) is 2.78. The third kappa shape index (κ3) is 1.14. The maximum absolute atomic E-state index is 10.5. The molecule has 0 atom stereocenters. The molecule has 0 aliphatic rings. The van der Waals surface area contributed by atoms with Crippen molar-refractivity contribution >= 4 is 16.7 Å². The molecule has 0 fully saturated rings. The number of aromatic nitrogens is 2. The zero-order valence-corrected chi connectivity index (χ0v) is 6.94. The van der Waals surface area contributed by atoms with Gasteiger partial charge in [-0.3, -0.25) is 10.1 Å². The Hall–Kier alpha value is -1.91. The van der Waals surface area contributed by atoms with Gasteiger partial charge in [-0.1, -0.05) is 0 Å². The van der Waals surface area contributed by atoms with Crippen LogP contribution in [0.25, 0.3) is 11.0 Å². The average molecular weight is 177 g/mol. The zero-order valence-electron chi connectivity index (χ0n) is 6.94. The topological polar surface area (TPSA) is 71.8 Å². The van der Waals surface area contributed by atoms with Crippen LogP contribution in [0.4, 0.5) is 5.69 Å². The molecule has 0 saturated heterocycles. The lowest BCUT2D eigenvalue weighted by molar-refractivity contribution is -0.383. The Labute approximate surface area is 73.6 Å². The molecule has 0 amide bonds. The lowest BCUT2D eigenvalue weighted by atomic mass is 10.3. The Morgan fingerprint density at radius 2 is 2.31 bits per heavy atom. The van der Waals surface area contributed by atoms with E-state index in [4.69, 9.17) is 0 Å². The highest BCUT2D eigenvalue weighted by Gasteiger charge is 2.14. The van der Waals surface area contributed by atoms with Gasteiger partial charge in [0.1, 0.15) is 0 Å². The van der Waals surface area contributed by atoms with Gasteiger partial charge < -0.3 is 4.98 Å². The van der Waals surface area contributed by atoms with Crippen LogP contribution < -0.4 is 0 Å². The molecule has 0 radical (unpaired) electrons. The van der Waals surface area contributed by atoms with Gasteiger partial charge >= 0.3 is 5.69 Å². The standard InChI is InChI=1S/C8H7N3O2/c1-5-2-3-6-8(10-5)7(4-9-6)11(12)13/h2-4,9H,1H3. The van der Waals surface area contributed by atoms with Crippen LogP contribution in [0.1, 0.15) is 5.69 Å². The van der Waals surface area contributed by atoms with E-state index in [1.165, 1.54) is 6.20 Å². The molecule has 0 saturated carbocycles. The Kier molecular flexibility index (Phi) is 1.51. The lowest BCUT2D eigenvalue weighted by Gasteiger charge is -1.91. The summed E-state index contributed by atoms with van der Waals surface area (Å²) >= 11 is 0. The number of nitrogens with one attached hydrogen (secondary N) is 1. The molecule has 2 aromatic heterocycles. The maximum atomic E-state index is 10.5. The van der Waals surface area contributed by atoms with E-state index in [1.807, 2.05) is 6.07 Å². The molecule has 0 aliphatic carbocycles. The number of nitro groups is 1. The predicted octanol–water partition coefficient (Wildman–Crippen LogP) is 1.78. The van der Waals surface area contributed by atoms with Crippen molar-refractivity contribution in [2.75, 3.05) is 0 Å². The van der Waals surface area contributed by atoms with Crippen molar-refractivity contribution in [2.24, 2.45) is 0 Å². The molecule has 13 heavy (non-hydrogen) atoms. The second kappa shape index (κ2) is 2.55. The van der Waals surface area contributed by atoms with E-state index >= 15 is 0 Å². The number of nitrogens with zero attached hydrogens (tertiary/aromatic N) is 2. The van der Waals surface area contributed by atoms with Crippen LogP contribution in [-0.2, 0) is 0 Å². The van der Waals surface area contributed by atoms with E-state index < -0.39 is 4.92 Å². The third-order valence-corrected chi connectivity index (χ3v) is 1.84. The highest BCUT2D eigenvalue weighted by Crippen LogP contribution is 2.22. The summed E-state index contributed by atoms with van der Waals surface area (Å²) in [7, 11) is 0. The lowest BCUT2D eigenvalue weighted by Crippen LogP contribution is -1.87. The summed E-state index contributed by atoms with van der Waals surface area (Å²) in [6.45, 7) is 1.80. The largest absolute Gasteiger partial charge is 0.354 e. The van der Waals surface area contributed by atoms with E-state index in [2.05, 4.69) is 9.97 Å². The van der Waals surface area contributed by atoms with Crippen molar-refractivity contribution in [2.45, 2.75) is 6.92 Å². The van der Waals surface area contributed by atoms with Gasteiger partial charge in [-0.05, 0) is 19.1 Å². The quantitative estimate of drug-likeness (QED) is 0.533. The first kappa shape index (κ1) is 7.72. The van der Waals surface area contributed by atoms with Gasteiger partial charge in [-0.25, -0.2) is 4.98 Å². The smallest absolute Gasteiger partial charge is 0.312 e. The molecule has 2 heterocycles. The fourth-order valence-corrected chi connectivity index (χ4v) is 1.22. The Morgan fingerprint density at radius 1 is 1.54 bits per heavy atom. The van der Waals surface area contributed by atoms with Crippen molar-refractivity contribution in [1.82, 2.24) is 9.97 Å². The normalized spacial score (nSPS) is 10.5. The van der Waals surface area contributed by atoms with Crippen LogP contribution in [0, 0.1) is 17.0 Å². The third-order valence-electron chi connectivity index (χ3n) is 1.84. The number of aryl methyl sites for hydroxylation is 1. The first-order valence-corrected chi connectivity index (χ1v) is 3.77. The van der Waals surface area contributed by atoms with Crippen molar-refractivity contribution in [1.29, 1.82) is 0 Å². The molecule has 2 aromatic rings. The minimum absolute atomic E-state index is 0.0266. The second-order valence-corrected chi connectivity index (χ2v) is 2.78. The van der Waals surface area contributed by atoms with Crippen molar-refractivity contribution in [3.8, 4) is 0 Å². The van der Waals surface area contributed by atoms with E-state index in [0.717, 1.165) is 5.69 Å². The summed E-state index contributed by atoms with van der Waals surface area (Å²) < 4.78 is 0. The van der Waals surface area contributed by atoms with E-state index in [1.54, 1.807) is 13.0 Å². The molecule has 2 rings (SSSR count). The van der Waals surface area contributed by atoms with Crippen molar-refractivity contribution in [3.05, 3.63) is 34.1 Å². The van der Waals surface area contributed by atoms with Gasteiger partial charge in [0.2, 0.25) is 0 Å². The van der Waals surface area contributed by atoms with Crippen molar-refractivity contribution < 1.29 is 4.92 Å². The van der Waals surface area contributed by atoms with Crippen LogP contribution in [0.5, 0.6) is 0 Å². The van der Waals surface area contributed by atoms with Crippen LogP contribution in [-0.4, -0.2) is 14.9 Å². The number of rotatable bonds is 1. The minimum atomic E-state index is -0.439. The molecule has 1 N–H and O–H groups in total. The fraction of sp³-hybridized carbons (Fsp3) is 0.125. The van der Waals surface area contributed by atoms with Gasteiger partial charge in [0, 0.05) is 5.69 Å². The highest BCUT2D eigenvalue weighted by molar-refractivity contribution is 5.84. The summed E-state index contributed by atoms with van der Waals surface area (Å²) in [5, 5.41) is 10.5. The van der Waals surface area contributed by atoms with Crippen LogP contribution >= 0.6 is 0 Å². The minimum Gasteiger partial charge on any atom is -0.354 e. The Balaban J connectivity index is 2.79. The van der Waals surface area contributed by atoms with Crippen LogP contribution in [0.3, 0.4) is 0 Å². The number of H-pyrrole nitrogens is 1. The van der Waals surface area contributed by atoms with Gasteiger partial charge in [-0.15, -0.1) is 0 Å². The van der Waals surface area contributed by atoms with E-state index in [0.29, 0.717) is 11.0 Å². The number of fused-ring (bicyclic) bond motifs is 1. The fourth-order valence-electron chi connectivity index (χ4n) is 1.22. The first-order valence-electron chi connectivity index (χ1n) is 3.77. The van der Waals surface area contributed by atoms with Gasteiger partial charge in [0.25, 0.3) is 0 Å². The summed E-state index contributed by atoms with van der Waals surface area (Å²) in [4.78, 5) is 17.0. The van der Waals surface area contributed by atoms with Gasteiger partial charge in [0.05, 0.1) is 16.6 Å². The number of aromatic amines is 1. The average Bonchev–Trinajstić information content (AvgIpc) is 2.46. The number of pyridine rings is 1. The number of hydrogen-bond donors (Lipinski definition) is 1. The molecule has 0 spiro atoms. The van der Waals surface area contributed by atoms with Crippen LogP contribution in [0.15, 0.2) is 18.3 Å². The molecule has 0 unspecified atom stereocenters. The zero-order chi connectivity index (χ0) is 9.42. The summed E-state index contributed by atoms with van der Waals surface area (Å²) in [5.74, 6) is 0. The molecule has 0 aliphatic heterocycles. The maximum Gasteiger partial charge on any atom is 0.312 e. The van der Waals surface area contributed by atoms with Gasteiger partial charge in [0.15, 0.2) is 5.52 Å². The molecule has 5 heteroatoms. The monoisotopic (exact) mass is 177 g/mol. The molecule has 5 nitrogen and oxygen atoms in total. The SMILES string of the molecule is Cc1ccc2[nH]cc([N+](=O)[O-])c2n1. The van der Waals surface area contributed by atoms with E-state index in [9.17, 15) is 10.1 Å². The molecular formula is C8H7N3O2. The van der Waals surface area contributed by atoms with Gasteiger partial charge in [-0.2, -0.15) is 0 Å². The molecule has 0 aromatic carbocycles. The van der Waals surface area contributed by atoms with Crippen molar-refractivity contribution in [3.63, 3.8) is 0 Å². The Bertz CT molecular complexity index is 475. The molecule has 66 valence electrons. The molecular weight excluding hydrogens is 170 g/mol. The summed E-state index contributed by atoms with van der Waals surface area (Å²) in [5.41, 5.74) is 1.91. The molecule has 0 bridgehead atoms. The predicted molar refractivity (Wildman–Crippen MR) is 47.5 cm³/mol. The van der Waals surface area contributed by atoms with Crippen LogP contribution in [0.2, 0.25) is 0 Å². The Morgan fingerprint density at radius 3 is 3.00 bits per heavy atom.